The van der Waals surface area contributed by atoms with Gasteiger partial charge in [-0.25, -0.2) is 9.97 Å². The molecule has 0 radical (unpaired) electrons. The van der Waals surface area contributed by atoms with Gasteiger partial charge in [0, 0.05) is 36.6 Å². The molecule has 2 aromatic heterocycles. The fourth-order valence-electron chi connectivity index (χ4n) is 5.80. The molecule has 1 unspecified atom stereocenters. The van der Waals surface area contributed by atoms with Crippen molar-refractivity contribution in [2.24, 2.45) is 5.92 Å². The molecule has 2 saturated heterocycles. The van der Waals surface area contributed by atoms with E-state index in [1.165, 1.54) is 74.8 Å². The number of rotatable bonds is 8. The maximum Gasteiger partial charge on any atom is 0.141 e. The van der Waals surface area contributed by atoms with Gasteiger partial charge >= 0.3 is 0 Å². The number of anilines is 1. The number of benzene rings is 1. The second-order valence-electron chi connectivity index (χ2n) is 9.80. The standard InChI is InChI=1S/C27H37N5S/c1-3-31-14-7-10-23(31)13-15-30(2)18-21-11-16-32(17-12-21)26-25-24(22-8-5-4-6-9-22)19-33-27(25)29-20-28-26/h4-6,8-9,19-21,23H,3,7,10-18H2,1-2H3. The number of likely N-dealkylation sites (tertiary alicyclic amines) is 1. The van der Waals surface area contributed by atoms with E-state index in [4.69, 9.17) is 4.98 Å². The molecule has 33 heavy (non-hydrogen) atoms. The van der Waals surface area contributed by atoms with Crippen molar-refractivity contribution in [3.63, 3.8) is 0 Å². The summed E-state index contributed by atoms with van der Waals surface area (Å²) in [5.41, 5.74) is 2.52. The van der Waals surface area contributed by atoms with Crippen molar-refractivity contribution in [1.82, 2.24) is 19.8 Å². The Bertz CT molecular complexity index is 1030. The fraction of sp³-hybridized carbons (Fsp3) is 0.556. The summed E-state index contributed by atoms with van der Waals surface area (Å²) < 4.78 is 0. The summed E-state index contributed by atoms with van der Waals surface area (Å²) in [6.07, 6.45) is 8.32. The van der Waals surface area contributed by atoms with Gasteiger partial charge in [0.2, 0.25) is 0 Å². The Labute approximate surface area is 202 Å². The summed E-state index contributed by atoms with van der Waals surface area (Å²) in [5, 5.41) is 3.46. The molecule has 3 aromatic rings. The highest BCUT2D eigenvalue weighted by Gasteiger charge is 2.26. The predicted molar refractivity (Wildman–Crippen MR) is 140 cm³/mol. The molecule has 0 amide bonds. The molecule has 0 spiro atoms. The maximum atomic E-state index is 4.77. The number of nitrogens with zero attached hydrogens (tertiary/aromatic N) is 5. The lowest BCUT2D eigenvalue weighted by atomic mass is 9.95. The summed E-state index contributed by atoms with van der Waals surface area (Å²) in [6.45, 7) is 9.43. The summed E-state index contributed by atoms with van der Waals surface area (Å²) in [4.78, 5) is 18.2. The van der Waals surface area contributed by atoms with E-state index in [1.807, 2.05) is 0 Å². The van der Waals surface area contributed by atoms with E-state index >= 15 is 0 Å². The Morgan fingerprint density at radius 2 is 1.88 bits per heavy atom. The van der Waals surface area contributed by atoms with Crippen LogP contribution in [0.2, 0.25) is 0 Å². The van der Waals surface area contributed by atoms with Crippen molar-refractivity contribution in [3.05, 3.63) is 42.0 Å². The first-order valence-electron chi connectivity index (χ1n) is 12.7. The van der Waals surface area contributed by atoms with Gasteiger partial charge in [-0.05, 0) is 70.3 Å². The van der Waals surface area contributed by atoms with Crippen LogP contribution in [-0.4, -0.2) is 72.1 Å². The van der Waals surface area contributed by atoms with Crippen LogP contribution in [0.25, 0.3) is 21.3 Å². The zero-order valence-electron chi connectivity index (χ0n) is 20.1. The van der Waals surface area contributed by atoms with Crippen LogP contribution in [0.4, 0.5) is 5.82 Å². The minimum Gasteiger partial charge on any atom is -0.356 e. The van der Waals surface area contributed by atoms with Crippen LogP contribution in [0.15, 0.2) is 42.0 Å². The van der Waals surface area contributed by atoms with E-state index in [0.29, 0.717) is 0 Å². The normalized spacial score (nSPS) is 20.3. The first kappa shape index (κ1) is 22.8. The van der Waals surface area contributed by atoms with E-state index in [1.54, 1.807) is 17.7 Å². The number of hydrogen-bond donors (Lipinski definition) is 0. The second kappa shape index (κ2) is 10.5. The van der Waals surface area contributed by atoms with Crippen LogP contribution in [0.1, 0.15) is 39.0 Å². The van der Waals surface area contributed by atoms with Crippen LogP contribution in [0.5, 0.6) is 0 Å². The molecule has 4 heterocycles. The first-order valence-corrected chi connectivity index (χ1v) is 13.6. The van der Waals surface area contributed by atoms with E-state index in [2.05, 4.69) is 69.4 Å². The molecule has 1 atom stereocenters. The van der Waals surface area contributed by atoms with Gasteiger partial charge in [0.05, 0.1) is 5.39 Å². The monoisotopic (exact) mass is 463 g/mol. The molecule has 2 fully saturated rings. The molecule has 176 valence electrons. The summed E-state index contributed by atoms with van der Waals surface area (Å²) in [5.74, 6) is 1.90. The number of hydrogen-bond acceptors (Lipinski definition) is 6. The quantitative estimate of drug-likeness (QED) is 0.448. The largest absolute Gasteiger partial charge is 0.356 e. The van der Waals surface area contributed by atoms with Gasteiger partial charge in [-0.15, -0.1) is 11.3 Å². The zero-order valence-corrected chi connectivity index (χ0v) is 20.9. The van der Waals surface area contributed by atoms with Gasteiger partial charge in [0.15, 0.2) is 0 Å². The van der Waals surface area contributed by atoms with Gasteiger partial charge in [-0.2, -0.15) is 0 Å². The van der Waals surface area contributed by atoms with E-state index < -0.39 is 0 Å². The molecular formula is C27H37N5S. The smallest absolute Gasteiger partial charge is 0.141 e. The summed E-state index contributed by atoms with van der Waals surface area (Å²) >= 11 is 1.73. The molecule has 5 nitrogen and oxygen atoms in total. The Kier molecular flexibility index (Phi) is 7.24. The highest BCUT2D eigenvalue weighted by atomic mass is 32.1. The summed E-state index contributed by atoms with van der Waals surface area (Å²) in [7, 11) is 2.32. The van der Waals surface area contributed by atoms with Crippen LogP contribution in [0, 0.1) is 5.92 Å². The van der Waals surface area contributed by atoms with Gasteiger partial charge < -0.3 is 14.7 Å². The molecule has 2 aliphatic heterocycles. The van der Waals surface area contributed by atoms with Crippen LogP contribution < -0.4 is 4.90 Å². The zero-order chi connectivity index (χ0) is 22.6. The lowest BCUT2D eigenvalue weighted by molar-refractivity contribution is 0.202. The van der Waals surface area contributed by atoms with Gasteiger partial charge in [0.25, 0.3) is 0 Å². The van der Waals surface area contributed by atoms with E-state index in [0.717, 1.165) is 35.7 Å². The first-order chi connectivity index (χ1) is 16.2. The molecule has 0 N–H and O–H groups in total. The van der Waals surface area contributed by atoms with E-state index in [-0.39, 0.29) is 0 Å². The molecular weight excluding hydrogens is 426 g/mol. The molecule has 0 saturated carbocycles. The molecule has 5 rings (SSSR count). The molecule has 0 bridgehead atoms. The number of aromatic nitrogens is 2. The molecule has 0 aliphatic carbocycles. The lowest BCUT2D eigenvalue weighted by Gasteiger charge is -2.35. The Balaban J connectivity index is 1.20. The highest BCUT2D eigenvalue weighted by Crippen LogP contribution is 2.38. The number of piperidine rings is 1. The number of thiophene rings is 1. The van der Waals surface area contributed by atoms with Gasteiger partial charge in [-0.3, -0.25) is 0 Å². The Morgan fingerprint density at radius 3 is 2.67 bits per heavy atom. The fourth-order valence-corrected chi connectivity index (χ4v) is 6.71. The maximum absolute atomic E-state index is 4.77. The van der Waals surface area contributed by atoms with Crippen LogP contribution in [-0.2, 0) is 0 Å². The Morgan fingerprint density at radius 1 is 1.06 bits per heavy atom. The van der Waals surface area contributed by atoms with Crippen molar-refractivity contribution >= 4 is 27.4 Å². The Hall–Kier alpha value is -2.02. The minimum atomic E-state index is 0.783. The van der Waals surface area contributed by atoms with Crippen molar-refractivity contribution < 1.29 is 0 Å². The van der Waals surface area contributed by atoms with Crippen molar-refractivity contribution in [3.8, 4) is 11.1 Å². The topological polar surface area (TPSA) is 35.5 Å². The van der Waals surface area contributed by atoms with E-state index in [9.17, 15) is 0 Å². The SMILES string of the molecule is CCN1CCCC1CCN(C)CC1CCN(c2ncnc3scc(-c4ccccc4)c23)CC1. The summed E-state index contributed by atoms with van der Waals surface area (Å²) in [6, 6.07) is 11.5. The highest BCUT2D eigenvalue weighted by molar-refractivity contribution is 7.17. The molecule has 2 aliphatic rings. The van der Waals surface area contributed by atoms with Gasteiger partial charge in [0.1, 0.15) is 17.0 Å². The average molecular weight is 464 g/mol. The van der Waals surface area contributed by atoms with Crippen molar-refractivity contribution in [2.45, 2.75) is 45.1 Å². The predicted octanol–water partition coefficient (Wildman–Crippen LogP) is 5.38. The third-order valence-electron chi connectivity index (χ3n) is 7.67. The van der Waals surface area contributed by atoms with Crippen molar-refractivity contribution in [1.29, 1.82) is 0 Å². The van der Waals surface area contributed by atoms with Crippen LogP contribution in [0.3, 0.4) is 0 Å². The molecule has 6 heteroatoms. The second-order valence-corrected chi connectivity index (χ2v) is 10.7. The lowest BCUT2D eigenvalue weighted by Crippen LogP contribution is -2.39. The van der Waals surface area contributed by atoms with Crippen LogP contribution >= 0.6 is 11.3 Å². The molecule has 1 aromatic carbocycles. The van der Waals surface area contributed by atoms with Gasteiger partial charge in [-0.1, -0.05) is 37.3 Å². The number of fused-ring (bicyclic) bond motifs is 1. The minimum absolute atomic E-state index is 0.783. The average Bonchev–Trinajstić information content (AvgIpc) is 3.50. The van der Waals surface area contributed by atoms with Crippen molar-refractivity contribution in [2.75, 3.05) is 51.2 Å². The third-order valence-corrected chi connectivity index (χ3v) is 8.55. The third kappa shape index (κ3) is 5.08.